The minimum absolute atomic E-state index is 0.613. The number of hydrogen-bond acceptors (Lipinski definition) is 3. The van der Waals surface area contributed by atoms with Gasteiger partial charge in [-0.1, -0.05) is 13.8 Å². The van der Waals surface area contributed by atoms with Gasteiger partial charge in [0.2, 0.25) is 0 Å². The summed E-state index contributed by atoms with van der Waals surface area (Å²) in [5, 5.41) is 0. The molecule has 4 nitrogen and oxygen atoms in total. The van der Waals surface area contributed by atoms with Crippen LogP contribution in [0.15, 0.2) is 12.1 Å². The lowest BCUT2D eigenvalue weighted by Gasteiger charge is -2.17. The molecule has 0 unspecified atom stereocenters. The second-order valence-electron chi connectivity index (χ2n) is 3.34. The maximum atomic E-state index is 5.47. The van der Waals surface area contributed by atoms with Crippen LogP contribution < -0.4 is 9.47 Å². The highest BCUT2D eigenvalue weighted by Gasteiger charge is 2.13. The molecular formula is C12H16N2O2. The van der Waals surface area contributed by atoms with Gasteiger partial charge < -0.3 is 14.5 Å². The predicted octanol–water partition coefficient (Wildman–Crippen LogP) is 2.67. The number of fused-ring (bicyclic) bond motifs is 2. The molecule has 0 saturated heterocycles. The summed E-state index contributed by atoms with van der Waals surface area (Å²) >= 11 is 0. The summed E-state index contributed by atoms with van der Waals surface area (Å²) in [6, 6.07) is 3.84. The molecular weight excluding hydrogens is 204 g/mol. The van der Waals surface area contributed by atoms with E-state index in [2.05, 4.69) is 9.97 Å². The Hall–Kier alpha value is -1.71. The molecule has 16 heavy (non-hydrogen) atoms. The van der Waals surface area contributed by atoms with Gasteiger partial charge in [-0.2, -0.15) is 0 Å². The molecule has 0 spiro atoms. The van der Waals surface area contributed by atoms with Crippen LogP contribution in [0, 0.1) is 6.92 Å². The van der Waals surface area contributed by atoms with Crippen LogP contribution in [-0.4, -0.2) is 23.2 Å². The van der Waals surface area contributed by atoms with Gasteiger partial charge in [0.25, 0.3) is 0 Å². The van der Waals surface area contributed by atoms with E-state index in [0.717, 1.165) is 28.4 Å². The van der Waals surface area contributed by atoms with E-state index in [0.29, 0.717) is 13.2 Å². The predicted molar refractivity (Wildman–Crippen MR) is 63.2 cm³/mol. The zero-order chi connectivity index (χ0) is 11.5. The lowest BCUT2D eigenvalue weighted by molar-refractivity contribution is 0.172. The van der Waals surface area contributed by atoms with E-state index in [1.807, 2.05) is 32.9 Å². The lowest BCUT2D eigenvalue weighted by atomic mass is 10.2. The highest BCUT2D eigenvalue weighted by molar-refractivity contribution is 5.79. The van der Waals surface area contributed by atoms with E-state index in [-0.39, 0.29) is 0 Å². The van der Waals surface area contributed by atoms with Crippen LogP contribution in [0.2, 0.25) is 0 Å². The second kappa shape index (κ2) is 4.43. The molecule has 0 saturated carbocycles. The van der Waals surface area contributed by atoms with E-state index in [4.69, 9.17) is 9.47 Å². The van der Waals surface area contributed by atoms with Crippen LogP contribution in [0.3, 0.4) is 0 Å². The van der Waals surface area contributed by atoms with Crippen molar-refractivity contribution in [2.24, 2.45) is 0 Å². The topological polar surface area (TPSA) is 47.1 Å². The monoisotopic (exact) mass is 220 g/mol. The Morgan fingerprint density at radius 1 is 1.12 bits per heavy atom. The molecule has 2 aromatic rings. The molecule has 0 aliphatic carbocycles. The highest BCUT2D eigenvalue weighted by atomic mass is 16.6. The normalized spacial score (nSPS) is 13.2. The standard InChI is InChI=1S/C10H10N2O2.C2H6/c1-6-11-7-4-9-10(5-8(7)12-6)14-3-2-13-9;1-2/h4-5H,2-3H2,1H3,(H,11,12);1-2H3. The van der Waals surface area contributed by atoms with Crippen molar-refractivity contribution in [2.45, 2.75) is 20.8 Å². The number of aromatic amines is 1. The number of ether oxygens (including phenoxy) is 2. The zero-order valence-electron chi connectivity index (χ0n) is 9.83. The third-order valence-corrected chi connectivity index (χ3v) is 2.26. The summed E-state index contributed by atoms with van der Waals surface area (Å²) in [5.74, 6) is 2.49. The van der Waals surface area contributed by atoms with Crippen LogP contribution in [-0.2, 0) is 0 Å². The number of rotatable bonds is 0. The van der Waals surface area contributed by atoms with Gasteiger partial charge in [-0.3, -0.25) is 0 Å². The third kappa shape index (κ3) is 1.83. The van der Waals surface area contributed by atoms with Gasteiger partial charge in [-0.25, -0.2) is 4.98 Å². The molecule has 1 aliphatic heterocycles. The Morgan fingerprint density at radius 3 is 2.44 bits per heavy atom. The molecule has 0 atom stereocenters. The molecule has 1 aromatic heterocycles. The Labute approximate surface area is 94.6 Å². The summed E-state index contributed by atoms with van der Waals surface area (Å²) in [4.78, 5) is 7.49. The van der Waals surface area contributed by atoms with Crippen LogP contribution >= 0.6 is 0 Å². The summed E-state index contributed by atoms with van der Waals surface area (Å²) < 4.78 is 10.9. The number of aromatic nitrogens is 2. The van der Waals surface area contributed by atoms with Gasteiger partial charge in [0.15, 0.2) is 11.5 Å². The number of hydrogen-bond donors (Lipinski definition) is 1. The molecule has 1 aliphatic rings. The largest absolute Gasteiger partial charge is 0.486 e. The molecule has 1 N–H and O–H groups in total. The average Bonchev–Trinajstić information content (AvgIpc) is 2.67. The Morgan fingerprint density at radius 2 is 1.75 bits per heavy atom. The van der Waals surface area contributed by atoms with Gasteiger partial charge in [0.05, 0.1) is 11.0 Å². The number of nitrogens with zero attached hydrogens (tertiary/aromatic N) is 1. The second-order valence-corrected chi connectivity index (χ2v) is 3.34. The molecule has 2 heterocycles. The molecule has 0 radical (unpaired) electrons. The average molecular weight is 220 g/mol. The number of nitrogens with one attached hydrogen (secondary N) is 1. The number of benzene rings is 1. The SMILES string of the molecule is CC.Cc1nc2cc3c(cc2[nH]1)OCCO3. The fourth-order valence-corrected chi connectivity index (χ4v) is 1.67. The van der Waals surface area contributed by atoms with Gasteiger partial charge in [0.1, 0.15) is 19.0 Å². The molecule has 3 rings (SSSR count). The van der Waals surface area contributed by atoms with Crippen molar-refractivity contribution >= 4 is 11.0 Å². The van der Waals surface area contributed by atoms with Crippen molar-refractivity contribution in [1.29, 1.82) is 0 Å². The van der Waals surface area contributed by atoms with E-state index >= 15 is 0 Å². The van der Waals surface area contributed by atoms with Gasteiger partial charge in [-0.05, 0) is 6.92 Å². The highest BCUT2D eigenvalue weighted by Crippen LogP contribution is 2.33. The van der Waals surface area contributed by atoms with E-state index in [1.54, 1.807) is 0 Å². The fraction of sp³-hybridized carbons (Fsp3) is 0.417. The van der Waals surface area contributed by atoms with Crippen molar-refractivity contribution in [1.82, 2.24) is 9.97 Å². The Balaban J connectivity index is 0.000000457. The number of H-pyrrole nitrogens is 1. The first-order chi connectivity index (χ1) is 7.83. The minimum Gasteiger partial charge on any atom is -0.486 e. The maximum Gasteiger partial charge on any atom is 0.163 e. The van der Waals surface area contributed by atoms with Crippen molar-refractivity contribution in [2.75, 3.05) is 13.2 Å². The summed E-state index contributed by atoms with van der Waals surface area (Å²) in [6.07, 6.45) is 0. The summed E-state index contributed by atoms with van der Waals surface area (Å²) in [7, 11) is 0. The Bertz CT molecular complexity index is 448. The minimum atomic E-state index is 0.613. The maximum absolute atomic E-state index is 5.47. The number of imidazole rings is 1. The molecule has 0 bridgehead atoms. The van der Waals surface area contributed by atoms with E-state index in [1.165, 1.54) is 0 Å². The van der Waals surface area contributed by atoms with Gasteiger partial charge in [-0.15, -0.1) is 0 Å². The summed E-state index contributed by atoms with van der Waals surface area (Å²) in [6.45, 7) is 7.16. The Kier molecular flexibility index (Phi) is 2.99. The first kappa shape index (κ1) is 10.8. The molecule has 4 heteroatoms. The molecule has 0 amide bonds. The molecule has 1 aromatic carbocycles. The van der Waals surface area contributed by atoms with Gasteiger partial charge >= 0.3 is 0 Å². The third-order valence-electron chi connectivity index (χ3n) is 2.26. The first-order valence-corrected chi connectivity index (χ1v) is 5.59. The first-order valence-electron chi connectivity index (χ1n) is 5.59. The van der Waals surface area contributed by atoms with Crippen molar-refractivity contribution in [3.8, 4) is 11.5 Å². The van der Waals surface area contributed by atoms with Crippen molar-refractivity contribution < 1.29 is 9.47 Å². The van der Waals surface area contributed by atoms with Crippen molar-refractivity contribution in [3.05, 3.63) is 18.0 Å². The molecule has 86 valence electrons. The molecule has 0 fully saturated rings. The van der Waals surface area contributed by atoms with Crippen LogP contribution in [0.1, 0.15) is 19.7 Å². The fourth-order valence-electron chi connectivity index (χ4n) is 1.67. The zero-order valence-corrected chi connectivity index (χ0v) is 9.83. The summed E-state index contributed by atoms with van der Waals surface area (Å²) in [5.41, 5.74) is 1.92. The van der Waals surface area contributed by atoms with Crippen LogP contribution in [0.25, 0.3) is 11.0 Å². The quantitative estimate of drug-likeness (QED) is 0.742. The number of aryl methyl sites for hydroxylation is 1. The smallest absolute Gasteiger partial charge is 0.163 e. The van der Waals surface area contributed by atoms with E-state index in [9.17, 15) is 0 Å². The lowest BCUT2D eigenvalue weighted by Crippen LogP contribution is -2.15. The van der Waals surface area contributed by atoms with Gasteiger partial charge in [0, 0.05) is 12.1 Å². The van der Waals surface area contributed by atoms with E-state index < -0.39 is 0 Å². The van der Waals surface area contributed by atoms with Crippen LogP contribution in [0.4, 0.5) is 0 Å². The van der Waals surface area contributed by atoms with Crippen molar-refractivity contribution in [3.63, 3.8) is 0 Å². The van der Waals surface area contributed by atoms with Crippen LogP contribution in [0.5, 0.6) is 11.5 Å².